The average molecular weight is 299 g/mol. The number of aromatic nitrogens is 2. The van der Waals surface area contributed by atoms with E-state index in [0.29, 0.717) is 18.7 Å². The normalized spacial score (nSPS) is 17.6. The van der Waals surface area contributed by atoms with Crippen LogP contribution >= 0.6 is 0 Å². The molecule has 22 heavy (non-hydrogen) atoms. The molecule has 0 bridgehead atoms. The highest BCUT2D eigenvalue weighted by Gasteiger charge is 2.24. The number of nitrogens with one attached hydrogen (secondary N) is 1. The summed E-state index contributed by atoms with van der Waals surface area (Å²) in [4.78, 5) is 14.6. The number of rotatable bonds is 5. The van der Waals surface area contributed by atoms with Crippen molar-refractivity contribution in [2.75, 3.05) is 13.2 Å². The Labute approximate surface area is 130 Å². The van der Waals surface area contributed by atoms with E-state index in [1.165, 1.54) is 5.56 Å². The maximum absolute atomic E-state index is 12.7. The van der Waals surface area contributed by atoms with Crippen LogP contribution in [0.5, 0.6) is 0 Å². The molecule has 0 radical (unpaired) electrons. The fourth-order valence-electron chi connectivity index (χ4n) is 2.83. The van der Waals surface area contributed by atoms with E-state index in [4.69, 9.17) is 4.74 Å². The standard InChI is InChI=1S/C17H21N3O2/c1-13-4-2-5-14(8-13)11-20(12-16-6-3-7-22-16)17(21)15-9-18-19-10-15/h2,4-5,8-10,16H,3,6-7,11-12H2,1H3,(H,18,19). The Morgan fingerprint density at radius 2 is 2.41 bits per heavy atom. The monoisotopic (exact) mass is 299 g/mol. The van der Waals surface area contributed by atoms with Crippen molar-refractivity contribution in [2.24, 2.45) is 0 Å². The predicted molar refractivity (Wildman–Crippen MR) is 83.5 cm³/mol. The van der Waals surface area contributed by atoms with Crippen molar-refractivity contribution in [3.63, 3.8) is 0 Å². The Hall–Kier alpha value is -2.14. The Balaban J connectivity index is 1.77. The molecule has 0 spiro atoms. The summed E-state index contributed by atoms with van der Waals surface area (Å²) in [5, 5.41) is 6.58. The number of amides is 1. The number of hydrogen-bond acceptors (Lipinski definition) is 3. The second-order valence-corrected chi connectivity index (χ2v) is 5.80. The molecule has 2 aromatic rings. The minimum absolute atomic E-state index is 0.00856. The molecular formula is C17H21N3O2. The van der Waals surface area contributed by atoms with Crippen LogP contribution < -0.4 is 0 Å². The molecule has 1 aliphatic rings. The lowest BCUT2D eigenvalue weighted by Gasteiger charge is -2.25. The number of carbonyl (C=O) groups excluding carboxylic acids is 1. The molecule has 1 amide bonds. The van der Waals surface area contributed by atoms with Crippen molar-refractivity contribution < 1.29 is 9.53 Å². The van der Waals surface area contributed by atoms with Crippen LogP contribution in [0.2, 0.25) is 0 Å². The number of aromatic amines is 1. The highest BCUT2D eigenvalue weighted by molar-refractivity contribution is 5.93. The fourth-order valence-corrected chi connectivity index (χ4v) is 2.83. The van der Waals surface area contributed by atoms with Gasteiger partial charge in [0, 0.05) is 25.9 Å². The molecular weight excluding hydrogens is 278 g/mol. The summed E-state index contributed by atoms with van der Waals surface area (Å²) in [5.41, 5.74) is 2.92. The quantitative estimate of drug-likeness (QED) is 0.923. The van der Waals surface area contributed by atoms with Crippen LogP contribution in [0.1, 0.15) is 34.3 Å². The Bertz CT molecular complexity index is 619. The number of nitrogens with zero attached hydrogens (tertiary/aromatic N) is 2. The summed E-state index contributed by atoms with van der Waals surface area (Å²) in [6, 6.07) is 8.26. The lowest BCUT2D eigenvalue weighted by molar-refractivity contribution is 0.0507. The highest BCUT2D eigenvalue weighted by Crippen LogP contribution is 2.17. The molecule has 1 saturated heterocycles. The summed E-state index contributed by atoms with van der Waals surface area (Å²) < 4.78 is 5.70. The minimum Gasteiger partial charge on any atom is -0.376 e. The number of ether oxygens (including phenoxy) is 1. The lowest BCUT2D eigenvalue weighted by Crippen LogP contribution is -2.36. The summed E-state index contributed by atoms with van der Waals surface area (Å²) >= 11 is 0. The molecule has 1 atom stereocenters. The van der Waals surface area contributed by atoms with Gasteiger partial charge in [0.1, 0.15) is 0 Å². The van der Waals surface area contributed by atoms with Crippen molar-refractivity contribution in [1.82, 2.24) is 15.1 Å². The van der Waals surface area contributed by atoms with Gasteiger partial charge in [-0.25, -0.2) is 0 Å². The zero-order chi connectivity index (χ0) is 15.4. The van der Waals surface area contributed by atoms with Crippen molar-refractivity contribution in [3.05, 3.63) is 53.3 Å². The first kappa shape index (κ1) is 14.8. The zero-order valence-electron chi connectivity index (χ0n) is 12.8. The first-order valence-electron chi connectivity index (χ1n) is 7.67. The molecule has 0 saturated carbocycles. The SMILES string of the molecule is Cc1cccc(CN(CC2CCCO2)C(=O)c2cn[nH]c2)c1. The molecule has 1 aromatic carbocycles. The van der Waals surface area contributed by atoms with E-state index in [1.54, 1.807) is 12.4 Å². The first-order chi connectivity index (χ1) is 10.7. The van der Waals surface area contributed by atoms with Gasteiger partial charge in [-0.1, -0.05) is 29.8 Å². The van der Waals surface area contributed by atoms with Gasteiger partial charge in [-0.05, 0) is 25.3 Å². The molecule has 5 heteroatoms. The summed E-state index contributed by atoms with van der Waals surface area (Å²) in [7, 11) is 0. The third kappa shape index (κ3) is 3.54. The van der Waals surface area contributed by atoms with Crippen LogP contribution in [0, 0.1) is 6.92 Å². The molecule has 3 rings (SSSR count). The predicted octanol–water partition coefficient (Wildman–Crippen LogP) is 2.54. The molecule has 1 fully saturated rings. The van der Waals surface area contributed by atoms with Crippen molar-refractivity contribution >= 4 is 5.91 Å². The van der Waals surface area contributed by atoms with E-state index in [2.05, 4.69) is 35.3 Å². The number of aryl methyl sites for hydroxylation is 1. The van der Waals surface area contributed by atoms with Gasteiger partial charge in [-0.2, -0.15) is 5.10 Å². The molecule has 0 aliphatic carbocycles. The van der Waals surface area contributed by atoms with Crippen LogP contribution in [0.15, 0.2) is 36.7 Å². The smallest absolute Gasteiger partial charge is 0.257 e. The maximum Gasteiger partial charge on any atom is 0.257 e. The molecule has 1 aromatic heterocycles. The van der Waals surface area contributed by atoms with Crippen molar-refractivity contribution in [3.8, 4) is 0 Å². The Morgan fingerprint density at radius 3 is 3.09 bits per heavy atom. The van der Waals surface area contributed by atoms with Crippen molar-refractivity contribution in [2.45, 2.75) is 32.4 Å². The van der Waals surface area contributed by atoms with Gasteiger partial charge in [0.25, 0.3) is 5.91 Å². The van der Waals surface area contributed by atoms with Crippen LogP contribution in [0.3, 0.4) is 0 Å². The van der Waals surface area contributed by atoms with Crippen LogP contribution in [0.25, 0.3) is 0 Å². The Morgan fingerprint density at radius 1 is 1.50 bits per heavy atom. The molecule has 116 valence electrons. The van der Waals surface area contributed by atoms with Gasteiger partial charge in [0.15, 0.2) is 0 Å². The number of H-pyrrole nitrogens is 1. The van der Waals surface area contributed by atoms with E-state index < -0.39 is 0 Å². The van der Waals surface area contributed by atoms with Gasteiger partial charge in [0.05, 0.1) is 17.9 Å². The van der Waals surface area contributed by atoms with Crippen LogP contribution in [0.4, 0.5) is 0 Å². The summed E-state index contributed by atoms with van der Waals surface area (Å²) in [6.07, 6.45) is 5.44. The summed E-state index contributed by atoms with van der Waals surface area (Å²) in [5.74, 6) is -0.00856. The second kappa shape index (κ2) is 6.75. The number of benzene rings is 1. The largest absolute Gasteiger partial charge is 0.376 e. The fraction of sp³-hybridized carbons (Fsp3) is 0.412. The summed E-state index contributed by atoms with van der Waals surface area (Å²) in [6.45, 7) is 4.07. The third-order valence-corrected chi connectivity index (χ3v) is 3.94. The van der Waals surface area contributed by atoms with Crippen molar-refractivity contribution in [1.29, 1.82) is 0 Å². The first-order valence-corrected chi connectivity index (χ1v) is 7.67. The van der Waals surface area contributed by atoms with Gasteiger partial charge in [0.2, 0.25) is 0 Å². The maximum atomic E-state index is 12.7. The van der Waals surface area contributed by atoms with E-state index in [-0.39, 0.29) is 12.0 Å². The Kier molecular flexibility index (Phi) is 4.53. The second-order valence-electron chi connectivity index (χ2n) is 5.80. The number of carbonyl (C=O) groups is 1. The lowest BCUT2D eigenvalue weighted by atomic mass is 10.1. The van der Waals surface area contributed by atoms with Gasteiger partial charge in [-0.3, -0.25) is 9.89 Å². The molecule has 1 aliphatic heterocycles. The molecule has 2 heterocycles. The molecule has 1 N–H and O–H groups in total. The zero-order valence-corrected chi connectivity index (χ0v) is 12.8. The van der Waals surface area contributed by atoms with E-state index in [1.807, 2.05) is 11.0 Å². The van der Waals surface area contributed by atoms with E-state index in [0.717, 1.165) is 25.0 Å². The minimum atomic E-state index is -0.00856. The highest BCUT2D eigenvalue weighted by atomic mass is 16.5. The van der Waals surface area contributed by atoms with Gasteiger partial charge >= 0.3 is 0 Å². The van der Waals surface area contributed by atoms with Gasteiger partial charge < -0.3 is 9.64 Å². The third-order valence-electron chi connectivity index (χ3n) is 3.94. The molecule has 1 unspecified atom stereocenters. The van der Waals surface area contributed by atoms with E-state index >= 15 is 0 Å². The molecule has 5 nitrogen and oxygen atoms in total. The van der Waals surface area contributed by atoms with Gasteiger partial charge in [-0.15, -0.1) is 0 Å². The average Bonchev–Trinajstić information content (AvgIpc) is 3.19. The van der Waals surface area contributed by atoms with E-state index in [9.17, 15) is 4.79 Å². The number of hydrogen-bond donors (Lipinski definition) is 1. The van der Waals surface area contributed by atoms with Crippen LogP contribution in [-0.4, -0.2) is 40.3 Å². The topological polar surface area (TPSA) is 58.2 Å². The van der Waals surface area contributed by atoms with Crippen LogP contribution in [-0.2, 0) is 11.3 Å².